The Labute approximate surface area is 83.6 Å². The van der Waals surface area contributed by atoms with E-state index in [1.807, 2.05) is 0 Å². The summed E-state index contributed by atoms with van der Waals surface area (Å²) in [7, 11) is 1.69. The Balaban J connectivity index is 0.00000144. The minimum absolute atomic E-state index is 0. The van der Waals surface area contributed by atoms with E-state index in [9.17, 15) is 4.79 Å². The van der Waals surface area contributed by atoms with Gasteiger partial charge >= 0.3 is 5.97 Å². The van der Waals surface area contributed by atoms with E-state index in [4.69, 9.17) is 9.84 Å². The molecular weight excluding hydrogens is 194 g/mol. The van der Waals surface area contributed by atoms with Crippen LogP contribution in [0.2, 0.25) is 0 Å². The maximum atomic E-state index is 10.1. The highest BCUT2D eigenvalue weighted by Crippen LogP contribution is 2.09. The number of nitrogens with zero attached hydrogens (tertiary/aromatic N) is 1. The average molecular weight is 208 g/mol. The third-order valence-electron chi connectivity index (χ3n) is 1.88. The molecule has 0 aromatic rings. The fourth-order valence-corrected chi connectivity index (χ4v) is 1.12. The van der Waals surface area contributed by atoms with Crippen LogP contribution < -0.4 is 0 Å². The SMILES string of the molecule is COC1CN(C/C=C/C(=O)O)C1.Cl. The third kappa shape index (κ3) is 4.26. The van der Waals surface area contributed by atoms with Crippen molar-refractivity contribution in [1.82, 2.24) is 4.90 Å². The molecule has 0 saturated carbocycles. The number of likely N-dealkylation sites (tertiary alicyclic amines) is 1. The second kappa shape index (κ2) is 5.96. The van der Waals surface area contributed by atoms with E-state index in [2.05, 4.69) is 4.90 Å². The van der Waals surface area contributed by atoms with Crippen molar-refractivity contribution in [1.29, 1.82) is 0 Å². The monoisotopic (exact) mass is 207 g/mol. The highest BCUT2D eigenvalue weighted by atomic mass is 35.5. The molecule has 1 N–H and O–H groups in total. The highest BCUT2D eigenvalue weighted by molar-refractivity contribution is 5.85. The zero-order valence-corrected chi connectivity index (χ0v) is 8.29. The molecule has 76 valence electrons. The lowest BCUT2D eigenvalue weighted by Crippen LogP contribution is -2.51. The first kappa shape index (κ1) is 12.4. The van der Waals surface area contributed by atoms with Crippen molar-refractivity contribution in [2.45, 2.75) is 6.10 Å². The molecule has 1 fully saturated rings. The molecule has 4 nitrogen and oxygen atoms in total. The minimum atomic E-state index is -0.890. The zero-order valence-electron chi connectivity index (χ0n) is 7.47. The summed E-state index contributed by atoms with van der Waals surface area (Å²) < 4.78 is 5.06. The fourth-order valence-electron chi connectivity index (χ4n) is 1.12. The topological polar surface area (TPSA) is 49.8 Å². The Morgan fingerprint density at radius 3 is 2.77 bits per heavy atom. The van der Waals surface area contributed by atoms with Crippen LogP contribution in [0.5, 0.6) is 0 Å². The number of carboxylic acid groups (broad SMARTS) is 1. The van der Waals surface area contributed by atoms with Gasteiger partial charge in [-0.15, -0.1) is 12.4 Å². The van der Waals surface area contributed by atoms with Crippen molar-refractivity contribution >= 4 is 18.4 Å². The number of carboxylic acids is 1. The number of halogens is 1. The van der Waals surface area contributed by atoms with E-state index in [1.54, 1.807) is 13.2 Å². The summed E-state index contributed by atoms with van der Waals surface area (Å²) in [5, 5.41) is 8.29. The van der Waals surface area contributed by atoms with Crippen LogP contribution in [0.25, 0.3) is 0 Å². The van der Waals surface area contributed by atoms with Gasteiger partial charge in [0.25, 0.3) is 0 Å². The maximum Gasteiger partial charge on any atom is 0.328 e. The lowest BCUT2D eigenvalue weighted by atomic mass is 10.2. The van der Waals surface area contributed by atoms with Crippen LogP contribution in [-0.4, -0.2) is 48.8 Å². The quantitative estimate of drug-likeness (QED) is 0.678. The molecule has 5 heteroatoms. The van der Waals surface area contributed by atoms with Crippen molar-refractivity contribution in [3.05, 3.63) is 12.2 Å². The molecule has 0 spiro atoms. The largest absolute Gasteiger partial charge is 0.478 e. The van der Waals surface area contributed by atoms with Crippen LogP contribution in [0.1, 0.15) is 0 Å². The van der Waals surface area contributed by atoms with E-state index < -0.39 is 5.97 Å². The Kier molecular flexibility index (Phi) is 5.70. The van der Waals surface area contributed by atoms with Gasteiger partial charge in [-0.25, -0.2) is 4.79 Å². The van der Waals surface area contributed by atoms with Crippen molar-refractivity contribution in [3.63, 3.8) is 0 Å². The summed E-state index contributed by atoms with van der Waals surface area (Å²) in [6, 6.07) is 0. The van der Waals surface area contributed by atoms with Gasteiger partial charge in [0.2, 0.25) is 0 Å². The summed E-state index contributed by atoms with van der Waals surface area (Å²) in [6.45, 7) is 2.51. The van der Waals surface area contributed by atoms with Crippen molar-refractivity contribution in [3.8, 4) is 0 Å². The molecule has 0 aliphatic carbocycles. The predicted octanol–water partition coefficient (Wildman–Crippen LogP) is 0.380. The van der Waals surface area contributed by atoms with Crippen LogP contribution in [0.4, 0.5) is 0 Å². The van der Waals surface area contributed by atoms with Crippen LogP contribution in [0.15, 0.2) is 12.2 Å². The van der Waals surface area contributed by atoms with Gasteiger partial charge in [-0.3, -0.25) is 4.90 Å². The molecule has 13 heavy (non-hydrogen) atoms. The first-order chi connectivity index (χ1) is 5.72. The number of hydrogen-bond acceptors (Lipinski definition) is 3. The molecule has 0 bridgehead atoms. The van der Waals surface area contributed by atoms with E-state index in [-0.39, 0.29) is 12.4 Å². The summed E-state index contributed by atoms with van der Waals surface area (Å²) in [5.74, 6) is -0.890. The molecule has 0 aromatic carbocycles. The van der Waals surface area contributed by atoms with Gasteiger partial charge in [0.1, 0.15) is 0 Å². The summed E-state index contributed by atoms with van der Waals surface area (Å²) in [4.78, 5) is 12.2. The van der Waals surface area contributed by atoms with Gasteiger partial charge in [-0.1, -0.05) is 6.08 Å². The van der Waals surface area contributed by atoms with Crippen LogP contribution >= 0.6 is 12.4 Å². The zero-order chi connectivity index (χ0) is 8.97. The number of methoxy groups -OCH3 is 1. The van der Waals surface area contributed by atoms with Crippen molar-refractivity contribution < 1.29 is 14.6 Å². The van der Waals surface area contributed by atoms with Crippen molar-refractivity contribution in [2.24, 2.45) is 0 Å². The van der Waals surface area contributed by atoms with Gasteiger partial charge in [-0.05, 0) is 0 Å². The normalized spacial score (nSPS) is 18.2. The number of carbonyl (C=O) groups is 1. The Morgan fingerprint density at radius 1 is 1.69 bits per heavy atom. The standard InChI is InChI=1S/C8H13NO3.ClH/c1-12-7-5-9(6-7)4-2-3-8(10)11;/h2-3,7H,4-6H2,1H3,(H,10,11);1H/b3-2+;. The predicted molar refractivity (Wildman–Crippen MR) is 51.3 cm³/mol. The third-order valence-corrected chi connectivity index (χ3v) is 1.88. The molecule has 1 rings (SSSR count). The molecule has 0 amide bonds. The molecule has 0 unspecified atom stereocenters. The molecule has 0 aromatic heterocycles. The second-order valence-electron chi connectivity index (χ2n) is 2.82. The van der Waals surface area contributed by atoms with E-state index in [1.165, 1.54) is 6.08 Å². The second-order valence-corrected chi connectivity index (χ2v) is 2.82. The maximum absolute atomic E-state index is 10.1. The number of rotatable bonds is 4. The summed E-state index contributed by atoms with van der Waals surface area (Å²) >= 11 is 0. The Morgan fingerprint density at radius 2 is 2.31 bits per heavy atom. The van der Waals surface area contributed by atoms with E-state index in [0.717, 1.165) is 13.1 Å². The Bertz CT molecular complexity index is 190. The molecule has 1 aliphatic heterocycles. The van der Waals surface area contributed by atoms with Gasteiger partial charge in [0.15, 0.2) is 0 Å². The highest BCUT2D eigenvalue weighted by Gasteiger charge is 2.24. The van der Waals surface area contributed by atoms with Crippen LogP contribution in [-0.2, 0) is 9.53 Å². The summed E-state index contributed by atoms with van der Waals surface area (Å²) in [6.07, 6.45) is 3.15. The number of aliphatic carboxylic acids is 1. The van der Waals surface area contributed by atoms with Gasteiger partial charge in [0, 0.05) is 32.8 Å². The number of hydrogen-bond donors (Lipinski definition) is 1. The molecule has 1 saturated heterocycles. The van der Waals surface area contributed by atoms with Crippen LogP contribution in [0, 0.1) is 0 Å². The van der Waals surface area contributed by atoms with E-state index >= 15 is 0 Å². The first-order valence-electron chi connectivity index (χ1n) is 3.87. The van der Waals surface area contributed by atoms with E-state index in [0.29, 0.717) is 12.6 Å². The van der Waals surface area contributed by atoms with Crippen LogP contribution in [0.3, 0.4) is 0 Å². The number of ether oxygens (including phenoxy) is 1. The molecule has 0 atom stereocenters. The fraction of sp³-hybridized carbons (Fsp3) is 0.625. The minimum Gasteiger partial charge on any atom is -0.478 e. The van der Waals surface area contributed by atoms with Gasteiger partial charge < -0.3 is 9.84 Å². The first-order valence-corrected chi connectivity index (χ1v) is 3.87. The molecule has 1 aliphatic rings. The summed E-state index contributed by atoms with van der Waals surface area (Å²) in [5.41, 5.74) is 0. The average Bonchev–Trinajstić information content (AvgIpc) is 1.93. The smallest absolute Gasteiger partial charge is 0.328 e. The Hall–Kier alpha value is -0.580. The van der Waals surface area contributed by atoms with Crippen molar-refractivity contribution in [2.75, 3.05) is 26.7 Å². The molecule has 1 heterocycles. The molecular formula is C8H14ClNO3. The van der Waals surface area contributed by atoms with Gasteiger partial charge in [0.05, 0.1) is 6.10 Å². The van der Waals surface area contributed by atoms with Gasteiger partial charge in [-0.2, -0.15) is 0 Å². The lowest BCUT2D eigenvalue weighted by molar-refractivity contribution is -0.131. The molecule has 0 radical (unpaired) electrons. The lowest BCUT2D eigenvalue weighted by Gasteiger charge is -2.37.